The van der Waals surface area contributed by atoms with Gasteiger partial charge in [0, 0.05) is 25.7 Å². The van der Waals surface area contributed by atoms with Gasteiger partial charge in [-0.05, 0) is 31.1 Å². The molecular formula is C15H26N4. The first-order valence-corrected chi connectivity index (χ1v) is 7.54. The van der Waals surface area contributed by atoms with E-state index in [0.717, 1.165) is 37.7 Å². The van der Waals surface area contributed by atoms with Gasteiger partial charge in [-0.25, -0.2) is 9.97 Å². The molecule has 0 spiro atoms. The molecule has 1 saturated heterocycles. The third kappa shape index (κ3) is 3.17. The Bertz CT molecular complexity index is 401. The van der Waals surface area contributed by atoms with Crippen LogP contribution in [0.1, 0.15) is 46.5 Å². The van der Waals surface area contributed by atoms with Crippen molar-refractivity contribution in [3.05, 3.63) is 12.4 Å². The number of aromatic nitrogens is 2. The maximum Gasteiger partial charge on any atom is 0.134 e. The molecule has 1 fully saturated rings. The minimum Gasteiger partial charge on any atom is -0.370 e. The summed E-state index contributed by atoms with van der Waals surface area (Å²) in [6.07, 6.45) is 6.57. The Labute approximate surface area is 116 Å². The Balaban J connectivity index is 2.06. The number of nitrogens with one attached hydrogen (secondary N) is 1. The highest BCUT2D eigenvalue weighted by Gasteiger charge is 2.35. The molecule has 0 saturated carbocycles. The lowest BCUT2D eigenvalue weighted by Crippen LogP contribution is -2.26. The first-order valence-electron chi connectivity index (χ1n) is 7.54. The molecule has 1 N–H and O–H groups in total. The molecule has 4 nitrogen and oxygen atoms in total. The predicted octanol–water partition coefficient (Wildman–Crippen LogP) is 3.32. The maximum absolute atomic E-state index is 4.44. The SMILES string of the molecule is CCCNc1cc(N2CCC(CC)(CC)C2)ncn1. The Hall–Kier alpha value is -1.32. The van der Waals surface area contributed by atoms with E-state index in [0.29, 0.717) is 5.41 Å². The zero-order chi connectivity index (χ0) is 13.7. The maximum atomic E-state index is 4.44. The van der Waals surface area contributed by atoms with Crippen LogP contribution in [0.25, 0.3) is 0 Å². The summed E-state index contributed by atoms with van der Waals surface area (Å²) in [6, 6.07) is 2.08. The predicted molar refractivity (Wildman–Crippen MR) is 80.7 cm³/mol. The lowest BCUT2D eigenvalue weighted by molar-refractivity contribution is 0.301. The summed E-state index contributed by atoms with van der Waals surface area (Å²) in [5, 5.41) is 3.33. The van der Waals surface area contributed by atoms with Crippen LogP contribution in [-0.2, 0) is 0 Å². The van der Waals surface area contributed by atoms with Crippen LogP contribution >= 0.6 is 0 Å². The van der Waals surface area contributed by atoms with Crippen LogP contribution in [0, 0.1) is 5.41 Å². The summed E-state index contributed by atoms with van der Waals surface area (Å²) in [7, 11) is 0. The van der Waals surface area contributed by atoms with Crippen molar-refractivity contribution in [2.45, 2.75) is 46.5 Å². The fraction of sp³-hybridized carbons (Fsp3) is 0.733. The molecule has 0 atom stereocenters. The smallest absolute Gasteiger partial charge is 0.134 e. The lowest BCUT2D eigenvalue weighted by atomic mass is 9.82. The second-order valence-corrected chi connectivity index (χ2v) is 5.57. The van der Waals surface area contributed by atoms with E-state index < -0.39 is 0 Å². The quantitative estimate of drug-likeness (QED) is 0.854. The summed E-state index contributed by atoms with van der Waals surface area (Å²) in [6.45, 7) is 9.98. The average Bonchev–Trinajstić information content (AvgIpc) is 2.91. The molecule has 2 rings (SSSR count). The van der Waals surface area contributed by atoms with Gasteiger partial charge in [0.2, 0.25) is 0 Å². The van der Waals surface area contributed by atoms with Crippen molar-refractivity contribution in [1.29, 1.82) is 0 Å². The molecule has 0 aliphatic carbocycles. The van der Waals surface area contributed by atoms with Gasteiger partial charge in [0.05, 0.1) is 0 Å². The third-order valence-corrected chi connectivity index (χ3v) is 4.47. The van der Waals surface area contributed by atoms with Gasteiger partial charge < -0.3 is 10.2 Å². The highest BCUT2D eigenvalue weighted by Crippen LogP contribution is 2.38. The topological polar surface area (TPSA) is 41.0 Å². The van der Waals surface area contributed by atoms with E-state index in [1.54, 1.807) is 6.33 Å². The standard InChI is InChI=1S/C15H26N4/c1-4-8-16-13-10-14(18-12-17-13)19-9-7-15(5-2,6-3)11-19/h10,12H,4-9,11H2,1-3H3,(H,16,17,18). The van der Waals surface area contributed by atoms with Gasteiger partial charge in [-0.1, -0.05) is 20.8 Å². The molecule has 0 unspecified atom stereocenters. The van der Waals surface area contributed by atoms with Crippen molar-refractivity contribution >= 4 is 11.6 Å². The fourth-order valence-electron chi connectivity index (χ4n) is 2.83. The van der Waals surface area contributed by atoms with Crippen molar-refractivity contribution in [2.24, 2.45) is 5.41 Å². The Morgan fingerprint density at radius 1 is 1.26 bits per heavy atom. The molecule has 1 aromatic heterocycles. The summed E-state index contributed by atoms with van der Waals surface area (Å²) >= 11 is 0. The van der Waals surface area contributed by atoms with Gasteiger partial charge in [0.15, 0.2) is 0 Å². The van der Waals surface area contributed by atoms with Crippen LogP contribution in [0.4, 0.5) is 11.6 Å². The van der Waals surface area contributed by atoms with E-state index >= 15 is 0 Å². The average molecular weight is 262 g/mol. The van der Waals surface area contributed by atoms with E-state index in [2.05, 4.69) is 47.0 Å². The van der Waals surface area contributed by atoms with Crippen LogP contribution in [-0.4, -0.2) is 29.6 Å². The van der Waals surface area contributed by atoms with Crippen LogP contribution in [0.2, 0.25) is 0 Å². The molecule has 0 bridgehead atoms. The van der Waals surface area contributed by atoms with Crippen molar-refractivity contribution in [2.75, 3.05) is 29.9 Å². The molecule has 1 aliphatic rings. The van der Waals surface area contributed by atoms with E-state index in [4.69, 9.17) is 0 Å². The van der Waals surface area contributed by atoms with Crippen LogP contribution in [0.5, 0.6) is 0 Å². The van der Waals surface area contributed by atoms with Gasteiger partial charge in [0.1, 0.15) is 18.0 Å². The van der Waals surface area contributed by atoms with Crippen molar-refractivity contribution < 1.29 is 0 Å². The first kappa shape index (κ1) is 14.1. The highest BCUT2D eigenvalue weighted by molar-refractivity contribution is 5.49. The lowest BCUT2D eigenvalue weighted by Gasteiger charge is -2.26. The van der Waals surface area contributed by atoms with E-state index in [1.165, 1.54) is 19.3 Å². The van der Waals surface area contributed by atoms with Gasteiger partial charge in [-0.2, -0.15) is 0 Å². The zero-order valence-electron chi connectivity index (χ0n) is 12.4. The van der Waals surface area contributed by atoms with Gasteiger partial charge >= 0.3 is 0 Å². The van der Waals surface area contributed by atoms with Crippen LogP contribution in [0.3, 0.4) is 0 Å². The number of hydrogen-bond acceptors (Lipinski definition) is 4. The van der Waals surface area contributed by atoms with Gasteiger partial charge in [-0.3, -0.25) is 0 Å². The number of nitrogens with zero attached hydrogens (tertiary/aromatic N) is 3. The molecule has 4 heteroatoms. The van der Waals surface area contributed by atoms with Crippen LogP contribution in [0.15, 0.2) is 12.4 Å². The summed E-state index contributed by atoms with van der Waals surface area (Å²) in [5.74, 6) is 2.01. The second kappa shape index (κ2) is 6.22. The van der Waals surface area contributed by atoms with E-state index in [1.807, 2.05) is 0 Å². The largest absolute Gasteiger partial charge is 0.370 e. The molecule has 19 heavy (non-hydrogen) atoms. The molecule has 0 amide bonds. The molecule has 0 aromatic carbocycles. The number of rotatable bonds is 6. The van der Waals surface area contributed by atoms with Gasteiger partial charge in [-0.15, -0.1) is 0 Å². The molecular weight excluding hydrogens is 236 g/mol. The minimum atomic E-state index is 0.488. The summed E-state index contributed by atoms with van der Waals surface area (Å²) in [5.41, 5.74) is 0.488. The molecule has 106 valence electrons. The molecule has 1 aliphatic heterocycles. The number of hydrogen-bond donors (Lipinski definition) is 1. The minimum absolute atomic E-state index is 0.488. The monoisotopic (exact) mass is 262 g/mol. The van der Waals surface area contributed by atoms with Gasteiger partial charge in [0.25, 0.3) is 0 Å². The van der Waals surface area contributed by atoms with Crippen LogP contribution < -0.4 is 10.2 Å². The van der Waals surface area contributed by atoms with Crippen molar-refractivity contribution in [3.8, 4) is 0 Å². The van der Waals surface area contributed by atoms with E-state index in [-0.39, 0.29) is 0 Å². The third-order valence-electron chi connectivity index (χ3n) is 4.47. The molecule has 1 aromatic rings. The normalized spacial score (nSPS) is 17.7. The Kier molecular flexibility index (Phi) is 4.61. The summed E-state index contributed by atoms with van der Waals surface area (Å²) < 4.78 is 0. The molecule has 0 radical (unpaired) electrons. The van der Waals surface area contributed by atoms with Crippen molar-refractivity contribution in [3.63, 3.8) is 0 Å². The number of anilines is 2. The van der Waals surface area contributed by atoms with Crippen molar-refractivity contribution in [1.82, 2.24) is 9.97 Å². The first-order chi connectivity index (χ1) is 9.23. The fourth-order valence-corrected chi connectivity index (χ4v) is 2.83. The highest BCUT2D eigenvalue weighted by atomic mass is 15.2. The Morgan fingerprint density at radius 3 is 2.68 bits per heavy atom. The second-order valence-electron chi connectivity index (χ2n) is 5.57. The zero-order valence-corrected chi connectivity index (χ0v) is 12.4. The Morgan fingerprint density at radius 2 is 2.05 bits per heavy atom. The molecule has 2 heterocycles. The summed E-state index contributed by atoms with van der Waals surface area (Å²) in [4.78, 5) is 11.1. The van der Waals surface area contributed by atoms with E-state index in [9.17, 15) is 0 Å².